The summed E-state index contributed by atoms with van der Waals surface area (Å²) in [6.45, 7) is 1.94. The molecule has 0 N–H and O–H groups in total. The number of halogens is 3. The first kappa shape index (κ1) is 18.7. The van der Waals surface area contributed by atoms with Crippen molar-refractivity contribution < 1.29 is 27.1 Å². The quantitative estimate of drug-likeness (QED) is 0.426. The number of carbonyl (C=O) groups is 1. The summed E-state index contributed by atoms with van der Waals surface area (Å²) in [6.07, 6.45) is -3.05. The first-order valence-corrected chi connectivity index (χ1v) is 8.67. The van der Waals surface area contributed by atoms with Gasteiger partial charge in [0.1, 0.15) is 11.5 Å². The molecule has 0 unspecified atom stereocenters. The van der Waals surface area contributed by atoms with E-state index >= 15 is 0 Å². The van der Waals surface area contributed by atoms with Crippen molar-refractivity contribution >= 4 is 17.9 Å². The van der Waals surface area contributed by atoms with Crippen LogP contribution in [0.4, 0.5) is 13.2 Å². The van der Waals surface area contributed by atoms with Gasteiger partial charge in [-0.05, 0) is 43.3 Å². The molecule has 0 fully saturated rings. The molecule has 0 spiro atoms. The van der Waals surface area contributed by atoms with E-state index in [1.54, 1.807) is 18.2 Å². The fourth-order valence-electron chi connectivity index (χ4n) is 2.80. The number of aryl methyl sites for hydroxylation is 1. The van der Waals surface area contributed by atoms with Crippen LogP contribution in [0.3, 0.4) is 0 Å². The van der Waals surface area contributed by atoms with Crippen molar-refractivity contribution in [1.29, 1.82) is 0 Å². The number of benzene rings is 2. The van der Waals surface area contributed by atoms with Crippen LogP contribution in [-0.2, 0) is 15.7 Å². The molecule has 4 rings (SSSR count). The average Bonchev–Trinajstić information content (AvgIpc) is 3.29. The SMILES string of the molecule is Cc1ccc(C2=NC(=Cc3ccc(-c4cccc(C(F)(F)F)c4)o3)C(=O)O2)cc1. The molecular weight excluding hydrogens is 383 g/mol. The van der Waals surface area contributed by atoms with Crippen LogP contribution in [0.15, 0.2) is 75.8 Å². The van der Waals surface area contributed by atoms with Crippen LogP contribution in [0, 0.1) is 6.92 Å². The Kier molecular flexibility index (Phi) is 4.58. The number of aliphatic imine (C=N–C) groups is 1. The Labute approximate surface area is 164 Å². The zero-order chi connectivity index (χ0) is 20.6. The fraction of sp³-hybridized carbons (Fsp3) is 0.0909. The van der Waals surface area contributed by atoms with Gasteiger partial charge in [0.05, 0.1) is 5.56 Å². The number of hydrogen-bond donors (Lipinski definition) is 0. The number of nitrogens with zero attached hydrogens (tertiary/aromatic N) is 1. The number of hydrogen-bond acceptors (Lipinski definition) is 4. The smallest absolute Gasteiger partial charge is 0.416 e. The minimum Gasteiger partial charge on any atom is -0.457 e. The molecule has 0 bridgehead atoms. The summed E-state index contributed by atoms with van der Waals surface area (Å²) < 4.78 is 49.5. The largest absolute Gasteiger partial charge is 0.457 e. The summed E-state index contributed by atoms with van der Waals surface area (Å²) in [4.78, 5) is 16.3. The Morgan fingerprint density at radius 3 is 2.45 bits per heavy atom. The predicted octanol–water partition coefficient (Wildman–Crippen LogP) is 5.62. The number of ether oxygens (including phenoxy) is 1. The van der Waals surface area contributed by atoms with Crippen LogP contribution in [-0.4, -0.2) is 11.9 Å². The number of carbonyl (C=O) groups excluding carboxylic acids is 1. The van der Waals surface area contributed by atoms with Gasteiger partial charge in [0.2, 0.25) is 5.90 Å². The van der Waals surface area contributed by atoms with Crippen LogP contribution < -0.4 is 0 Å². The highest BCUT2D eigenvalue weighted by Gasteiger charge is 2.30. The molecule has 0 radical (unpaired) electrons. The highest BCUT2D eigenvalue weighted by Crippen LogP contribution is 2.33. The van der Waals surface area contributed by atoms with Crippen LogP contribution in [0.1, 0.15) is 22.5 Å². The first-order chi connectivity index (χ1) is 13.8. The van der Waals surface area contributed by atoms with E-state index < -0.39 is 17.7 Å². The summed E-state index contributed by atoms with van der Waals surface area (Å²) in [5.41, 5.74) is 1.29. The van der Waals surface area contributed by atoms with Gasteiger partial charge in [0.15, 0.2) is 5.70 Å². The van der Waals surface area contributed by atoms with Gasteiger partial charge in [0, 0.05) is 17.2 Å². The van der Waals surface area contributed by atoms with Crippen LogP contribution >= 0.6 is 0 Å². The van der Waals surface area contributed by atoms with Gasteiger partial charge in [0.25, 0.3) is 0 Å². The molecule has 0 aliphatic carbocycles. The van der Waals surface area contributed by atoms with Gasteiger partial charge in [-0.3, -0.25) is 0 Å². The van der Waals surface area contributed by atoms with Gasteiger partial charge in [-0.15, -0.1) is 0 Å². The lowest BCUT2D eigenvalue weighted by atomic mass is 10.1. The molecule has 2 aromatic carbocycles. The highest BCUT2D eigenvalue weighted by atomic mass is 19.4. The van der Waals surface area contributed by atoms with Crippen molar-refractivity contribution in [2.24, 2.45) is 4.99 Å². The Morgan fingerprint density at radius 1 is 0.966 bits per heavy atom. The molecule has 0 saturated heterocycles. The summed E-state index contributed by atoms with van der Waals surface area (Å²) in [6, 6.07) is 15.3. The van der Waals surface area contributed by atoms with Crippen molar-refractivity contribution in [2.45, 2.75) is 13.1 Å². The Bertz CT molecular complexity index is 1140. The molecule has 29 heavy (non-hydrogen) atoms. The van der Waals surface area contributed by atoms with E-state index in [0.717, 1.165) is 17.7 Å². The molecule has 0 saturated carbocycles. The Balaban J connectivity index is 1.61. The van der Waals surface area contributed by atoms with Gasteiger partial charge >= 0.3 is 12.1 Å². The number of cyclic esters (lactones) is 1. The third-order valence-corrected chi connectivity index (χ3v) is 4.30. The molecule has 1 aliphatic heterocycles. The van der Waals surface area contributed by atoms with Crippen molar-refractivity contribution in [3.63, 3.8) is 0 Å². The lowest BCUT2D eigenvalue weighted by Gasteiger charge is -2.07. The predicted molar refractivity (Wildman–Crippen MR) is 101 cm³/mol. The van der Waals surface area contributed by atoms with E-state index in [0.29, 0.717) is 5.56 Å². The van der Waals surface area contributed by atoms with Crippen LogP contribution in [0.25, 0.3) is 17.4 Å². The third-order valence-electron chi connectivity index (χ3n) is 4.30. The van der Waals surface area contributed by atoms with Gasteiger partial charge in [-0.2, -0.15) is 13.2 Å². The molecule has 2 heterocycles. The summed E-state index contributed by atoms with van der Waals surface area (Å²) in [5.74, 6) is 0.0822. The molecule has 0 atom stereocenters. The van der Waals surface area contributed by atoms with E-state index in [4.69, 9.17) is 9.15 Å². The second-order valence-electron chi connectivity index (χ2n) is 6.48. The molecular formula is C22H14F3NO3. The van der Waals surface area contributed by atoms with Crippen molar-refractivity contribution in [1.82, 2.24) is 0 Å². The van der Waals surface area contributed by atoms with Crippen molar-refractivity contribution in [3.8, 4) is 11.3 Å². The second-order valence-corrected chi connectivity index (χ2v) is 6.48. The van der Waals surface area contributed by atoms with E-state index in [-0.39, 0.29) is 28.7 Å². The Hall–Kier alpha value is -3.61. The maximum Gasteiger partial charge on any atom is 0.416 e. The molecule has 7 heteroatoms. The number of rotatable bonds is 3. The lowest BCUT2D eigenvalue weighted by Crippen LogP contribution is -2.05. The molecule has 146 valence electrons. The zero-order valence-electron chi connectivity index (χ0n) is 15.2. The molecule has 0 amide bonds. The van der Waals surface area contributed by atoms with E-state index in [9.17, 15) is 18.0 Å². The lowest BCUT2D eigenvalue weighted by molar-refractivity contribution is -0.137. The molecule has 4 nitrogen and oxygen atoms in total. The van der Waals surface area contributed by atoms with Gasteiger partial charge < -0.3 is 9.15 Å². The minimum atomic E-state index is -4.44. The van der Waals surface area contributed by atoms with Crippen molar-refractivity contribution in [3.05, 3.63) is 88.8 Å². The fourth-order valence-corrected chi connectivity index (χ4v) is 2.80. The summed E-state index contributed by atoms with van der Waals surface area (Å²) >= 11 is 0. The van der Waals surface area contributed by atoms with Crippen molar-refractivity contribution in [2.75, 3.05) is 0 Å². The number of esters is 1. The van der Waals surface area contributed by atoms with Crippen LogP contribution in [0.5, 0.6) is 0 Å². The van der Waals surface area contributed by atoms with Crippen LogP contribution in [0.2, 0.25) is 0 Å². The zero-order valence-corrected chi connectivity index (χ0v) is 15.2. The van der Waals surface area contributed by atoms with Gasteiger partial charge in [-0.1, -0.05) is 29.8 Å². The minimum absolute atomic E-state index is 0.0468. The third kappa shape index (κ3) is 3.99. The standard InChI is InChI=1S/C22H14F3NO3/c1-13-5-7-14(8-6-13)20-26-18(21(27)29-20)12-17-9-10-19(28-17)15-3-2-4-16(11-15)22(23,24)25/h2-12H,1H3. The monoisotopic (exact) mass is 397 g/mol. The maximum absolute atomic E-state index is 12.9. The molecule has 3 aromatic rings. The van der Waals surface area contributed by atoms with E-state index in [1.165, 1.54) is 24.3 Å². The maximum atomic E-state index is 12.9. The van der Waals surface area contributed by atoms with E-state index in [1.807, 2.05) is 19.1 Å². The van der Waals surface area contributed by atoms with Gasteiger partial charge in [-0.25, -0.2) is 9.79 Å². The topological polar surface area (TPSA) is 51.8 Å². The average molecular weight is 397 g/mol. The molecule has 1 aliphatic rings. The summed E-state index contributed by atoms with van der Waals surface area (Å²) in [7, 11) is 0. The first-order valence-electron chi connectivity index (χ1n) is 8.67. The highest BCUT2D eigenvalue weighted by molar-refractivity contribution is 6.12. The van der Waals surface area contributed by atoms with E-state index in [2.05, 4.69) is 4.99 Å². The molecule has 1 aromatic heterocycles. The second kappa shape index (κ2) is 7.09. The Morgan fingerprint density at radius 2 is 1.72 bits per heavy atom. The summed E-state index contributed by atoms with van der Waals surface area (Å²) in [5, 5.41) is 0. The normalized spacial score (nSPS) is 15.5. The number of furan rings is 1. The number of alkyl halides is 3.